The first-order valence-electron chi connectivity index (χ1n) is 6.13. The Balaban J connectivity index is 1.86. The molecule has 1 aromatic carbocycles. The Bertz CT molecular complexity index is 818. The number of methoxy groups -OCH3 is 1. The van der Waals surface area contributed by atoms with Crippen molar-refractivity contribution >= 4 is 39.9 Å². The van der Waals surface area contributed by atoms with Crippen molar-refractivity contribution in [2.45, 2.75) is 0 Å². The Morgan fingerprint density at radius 3 is 2.90 bits per heavy atom. The first-order valence-corrected chi connectivity index (χ1v) is 7.01. The number of hydrogen-bond donors (Lipinski definition) is 1. The Hall–Kier alpha value is -2.60. The van der Waals surface area contributed by atoms with Gasteiger partial charge in [-0.2, -0.15) is 0 Å². The molecular weight excluding hydrogens is 290 g/mol. The van der Waals surface area contributed by atoms with Crippen LogP contribution in [0.25, 0.3) is 11.0 Å². The van der Waals surface area contributed by atoms with Crippen molar-refractivity contribution in [1.29, 1.82) is 0 Å². The summed E-state index contributed by atoms with van der Waals surface area (Å²) in [6.07, 6.45) is 1.57. The van der Waals surface area contributed by atoms with Crippen LogP contribution in [0.15, 0.2) is 46.4 Å². The second kappa shape index (κ2) is 5.41. The third-order valence-electron chi connectivity index (χ3n) is 3.00. The van der Waals surface area contributed by atoms with E-state index in [1.807, 2.05) is 0 Å². The molecule has 0 saturated heterocycles. The molecule has 0 aliphatic heterocycles. The van der Waals surface area contributed by atoms with Crippen LogP contribution in [0.2, 0.25) is 0 Å². The molecule has 0 fully saturated rings. The molecule has 0 bridgehead atoms. The molecule has 0 radical (unpaired) electrons. The van der Waals surface area contributed by atoms with Gasteiger partial charge in [-0.1, -0.05) is 0 Å². The van der Waals surface area contributed by atoms with E-state index in [0.717, 1.165) is 11.0 Å². The largest absolute Gasteiger partial charge is 0.465 e. The number of amides is 1. The number of carbonyl (C=O) groups excluding carboxylic acids is 2. The quantitative estimate of drug-likeness (QED) is 0.751. The summed E-state index contributed by atoms with van der Waals surface area (Å²) in [5, 5.41) is 5.29. The lowest BCUT2D eigenvalue weighted by Gasteiger charge is -2.05. The summed E-state index contributed by atoms with van der Waals surface area (Å²) in [5.41, 5.74) is 1.66. The second-order valence-corrected chi connectivity index (χ2v) is 5.20. The zero-order chi connectivity index (χ0) is 14.8. The van der Waals surface area contributed by atoms with Crippen LogP contribution in [0.4, 0.5) is 5.69 Å². The molecule has 106 valence electrons. The van der Waals surface area contributed by atoms with Crippen molar-refractivity contribution < 1.29 is 18.7 Å². The van der Waals surface area contributed by atoms with Crippen LogP contribution in [0.1, 0.15) is 20.0 Å². The molecule has 21 heavy (non-hydrogen) atoms. The number of furan rings is 1. The second-order valence-electron chi connectivity index (χ2n) is 4.28. The van der Waals surface area contributed by atoms with Gasteiger partial charge >= 0.3 is 5.97 Å². The number of nitrogens with one attached hydrogen (secondary N) is 1. The normalized spacial score (nSPS) is 10.5. The Morgan fingerprint density at radius 1 is 1.24 bits per heavy atom. The van der Waals surface area contributed by atoms with Crippen molar-refractivity contribution in [3.8, 4) is 0 Å². The molecule has 3 rings (SSSR count). The number of carbonyl (C=O) groups is 2. The fourth-order valence-electron chi connectivity index (χ4n) is 1.96. The van der Waals surface area contributed by atoms with E-state index < -0.39 is 5.97 Å². The minimum Gasteiger partial charge on any atom is -0.465 e. The number of ether oxygens (including phenoxy) is 1. The highest BCUT2D eigenvalue weighted by Gasteiger charge is 2.16. The van der Waals surface area contributed by atoms with Crippen molar-refractivity contribution in [2.24, 2.45) is 0 Å². The number of esters is 1. The Kier molecular flexibility index (Phi) is 3.45. The highest BCUT2D eigenvalue weighted by molar-refractivity contribution is 7.12. The Morgan fingerprint density at radius 2 is 2.10 bits per heavy atom. The summed E-state index contributed by atoms with van der Waals surface area (Å²) >= 11 is 1.22. The monoisotopic (exact) mass is 301 g/mol. The molecule has 6 heteroatoms. The van der Waals surface area contributed by atoms with Crippen molar-refractivity contribution in [3.05, 3.63) is 52.4 Å². The number of fused-ring (bicyclic) bond motifs is 1. The van der Waals surface area contributed by atoms with Crippen molar-refractivity contribution in [3.63, 3.8) is 0 Å². The summed E-state index contributed by atoms with van der Waals surface area (Å²) < 4.78 is 9.91. The van der Waals surface area contributed by atoms with Gasteiger partial charge in [0.15, 0.2) is 0 Å². The SMILES string of the molecule is COC(=O)c1sccc1NC(=O)c1ccc2occc2c1. The number of benzene rings is 1. The first kappa shape index (κ1) is 13.4. The van der Waals surface area contributed by atoms with Gasteiger partial charge in [-0.25, -0.2) is 4.79 Å². The third kappa shape index (κ3) is 2.53. The van der Waals surface area contributed by atoms with Gasteiger partial charge in [-0.15, -0.1) is 11.3 Å². The zero-order valence-electron chi connectivity index (χ0n) is 11.1. The average molecular weight is 301 g/mol. The van der Waals surface area contributed by atoms with Gasteiger partial charge < -0.3 is 14.5 Å². The van der Waals surface area contributed by atoms with Gasteiger partial charge in [0.2, 0.25) is 0 Å². The predicted octanol–water partition coefficient (Wildman–Crippen LogP) is 3.53. The maximum absolute atomic E-state index is 12.3. The summed E-state index contributed by atoms with van der Waals surface area (Å²) in [4.78, 5) is 24.2. The van der Waals surface area contributed by atoms with E-state index in [2.05, 4.69) is 10.1 Å². The fraction of sp³-hybridized carbons (Fsp3) is 0.0667. The molecule has 2 heterocycles. The van der Waals surface area contributed by atoms with Gasteiger partial charge in [0.05, 0.1) is 19.1 Å². The van der Waals surface area contributed by atoms with Gasteiger partial charge in [-0.05, 0) is 35.7 Å². The van der Waals surface area contributed by atoms with Gasteiger partial charge in [0.25, 0.3) is 5.91 Å². The van der Waals surface area contributed by atoms with Crippen LogP contribution >= 0.6 is 11.3 Å². The lowest BCUT2D eigenvalue weighted by Crippen LogP contribution is -2.13. The molecule has 0 unspecified atom stereocenters. The van der Waals surface area contributed by atoms with Crippen LogP contribution in [0.5, 0.6) is 0 Å². The van der Waals surface area contributed by atoms with Gasteiger partial charge in [-0.3, -0.25) is 4.79 Å². The third-order valence-corrected chi connectivity index (χ3v) is 3.89. The van der Waals surface area contributed by atoms with Crippen LogP contribution in [0.3, 0.4) is 0 Å². The minimum absolute atomic E-state index is 0.290. The molecule has 0 atom stereocenters. The standard InChI is InChI=1S/C15H11NO4S/c1-19-15(18)13-11(5-7-21-13)16-14(17)10-2-3-12-9(8-10)4-6-20-12/h2-8H,1H3,(H,16,17). The minimum atomic E-state index is -0.467. The molecule has 0 aliphatic rings. The van der Waals surface area contributed by atoms with Gasteiger partial charge in [0.1, 0.15) is 10.5 Å². The van der Waals surface area contributed by atoms with E-state index >= 15 is 0 Å². The lowest BCUT2D eigenvalue weighted by molar-refractivity contribution is 0.0607. The summed E-state index contributed by atoms with van der Waals surface area (Å²) in [5.74, 6) is -0.757. The summed E-state index contributed by atoms with van der Waals surface area (Å²) in [6.45, 7) is 0. The number of thiophene rings is 1. The number of anilines is 1. The molecule has 2 aromatic heterocycles. The van der Waals surface area contributed by atoms with Crippen LogP contribution in [-0.4, -0.2) is 19.0 Å². The number of hydrogen-bond acceptors (Lipinski definition) is 5. The fourth-order valence-corrected chi connectivity index (χ4v) is 2.73. The first-order chi connectivity index (χ1) is 10.2. The summed E-state index contributed by atoms with van der Waals surface area (Å²) in [7, 11) is 1.31. The molecular formula is C15H11NO4S. The maximum Gasteiger partial charge on any atom is 0.350 e. The van der Waals surface area contributed by atoms with Crippen LogP contribution in [0, 0.1) is 0 Å². The molecule has 5 nitrogen and oxygen atoms in total. The lowest BCUT2D eigenvalue weighted by atomic mass is 10.1. The summed E-state index contributed by atoms with van der Waals surface area (Å²) in [6, 6.07) is 8.60. The van der Waals surface area contributed by atoms with E-state index in [1.165, 1.54) is 18.4 Å². The van der Waals surface area contributed by atoms with E-state index in [-0.39, 0.29) is 5.91 Å². The van der Waals surface area contributed by atoms with E-state index in [4.69, 9.17) is 4.42 Å². The predicted molar refractivity (Wildman–Crippen MR) is 79.8 cm³/mol. The maximum atomic E-state index is 12.3. The van der Waals surface area contributed by atoms with E-state index in [9.17, 15) is 9.59 Å². The van der Waals surface area contributed by atoms with E-state index in [0.29, 0.717) is 16.1 Å². The molecule has 1 amide bonds. The van der Waals surface area contributed by atoms with Crippen molar-refractivity contribution in [1.82, 2.24) is 0 Å². The molecule has 1 N–H and O–H groups in total. The molecule has 0 aliphatic carbocycles. The molecule has 3 aromatic rings. The van der Waals surface area contributed by atoms with Crippen molar-refractivity contribution in [2.75, 3.05) is 12.4 Å². The van der Waals surface area contributed by atoms with E-state index in [1.54, 1.807) is 42.0 Å². The van der Waals surface area contributed by atoms with Crippen LogP contribution in [-0.2, 0) is 4.74 Å². The average Bonchev–Trinajstić information content (AvgIpc) is 3.14. The highest BCUT2D eigenvalue weighted by Crippen LogP contribution is 2.24. The topological polar surface area (TPSA) is 68.5 Å². The zero-order valence-corrected chi connectivity index (χ0v) is 11.9. The van der Waals surface area contributed by atoms with Gasteiger partial charge in [0, 0.05) is 10.9 Å². The smallest absolute Gasteiger partial charge is 0.350 e. The molecule has 0 saturated carbocycles. The Labute approximate surface area is 124 Å². The highest BCUT2D eigenvalue weighted by atomic mass is 32.1. The molecule has 0 spiro atoms. The van der Waals surface area contributed by atoms with Crippen LogP contribution < -0.4 is 5.32 Å². The number of rotatable bonds is 3.